The van der Waals surface area contributed by atoms with Crippen molar-refractivity contribution in [2.45, 2.75) is 35.8 Å². The SMILES string of the molecule is Cc1cccc(OCc2nnc(SC(C)C(=O)Nc3ccc(S(N)(=O)=O)cc3)o2)c1. The molecule has 0 spiro atoms. The first-order valence-electron chi connectivity index (χ1n) is 8.83. The Labute approximate surface area is 178 Å². The predicted molar refractivity (Wildman–Crippen MR) is 112 cm³/mol. The summed E-state index contributed by atoms with van der Waals surface area (Å²) < 4.78 is 33.7. The molecule has 1 atom stereocenters. The molecule has 1 heterocycles. The number of carbonyl (C=O) groups is 1. The quantitative estimate of drug-likeness (QED) is 0.502. The van der Waals surface area contributed by atoms with Crippen LogP contribution in [0.5, 0.6) is 5.75 Å². The van der Waals surface area contributed by atoms with Gasteiger partial charge in [-0.2, -0.15) is 0 Å². The summed E-state index contributed by atoms with van der Waals surface area (Å²) in [7, 11) is -3.78. The second-order valence-electron chi connectivity index (χ2n) is 6.39. The average molecular weight is 449 g/mol. The number of hydrogen-bond donors (Lipinski definition) is 2. The highest BCUT2D eigenvalue weighted by atomic mass is 32.2. The molecule has 0 saturated carbocycles. The molecule has 30 heavy (non-hydrogen) atoms. The van der Waals surface area contributed by atoms with E-state index in [4.69, 9.17) is 14.3 Å². The van der Waals surface area contributed by atoms with Crippen LogP contribution in [0.4, 0.5) is 5.69 Å². The summed E-state index contributed by atoms with van der Waals surface area (Å²) in [6.07, 6.45) is 0. The maximum Gasteiger partial charge on any atom is 0.277 e. The average Bonchev–Trinajstić information content (AvgIpc) is 3.13. The van der Waals surface area contributed by atoms with E-state index in [0.29, 0.717) is 17.3 Å². The van der Waals surface area contributed by atoms with Crippen LogP contribution in [0, 0.1) is 6.92 Å². The molecule has 0 fully saturated rings. The van der Waals surface area contributed by atoms with Crippen molar-refractivity contribution in [1.82, 2.24) is 10.2 Å². The summed E-state index contributed by atoms with van der Waals surface area (Å²) in [5.74, 6) is 0.688. The first kappa shape index (κ1) is 21.8. The normalized spacial score (nSPS) is 12.4. The number of sulfonamides is 1. The Morgan fingerprint density at radius 1 is 1.23 bits per heavy atom. The molecular weight excluding hydrogens is 428 g/mol. The number of anilines is 1. The maximum absolute atomic E-state index is 12.4. The smallest absolute Gasteiger partial charge is 0.277 e. The number of primary sulfonamides is 1. The largest absolute Gasteiger partial charge is 0.484 e. The molecule has 1 unspecified atom stereocenters. The Bertz CT molecular complexity index is 1130. The zero-order valence-corrected chi connectivity index (χ0v) is 17.9. The first-order chi connectivity index (χ1) is 14.2. The third-order valence-corrected chi connectivity index (χ3v) is 5.76. The number of ether oxygens (including phenoxy) is 1. The zero-order chi connectivity index (χ0) is 21.7. The van der Waals surface area contributed by atoms with E-state index in [2.05, 4.69) is 15.5 Å². The number of nitrogens with one attached hydrogen (secondary N) is 1. The van der Waals surface area contributed by atoms with Gasteiger partial charge in [0.1, 0.15) is 5.75 Å². The first-order valence-corrected chi connectivity index (χ1v) is 11.3. The van der Waals surface area contributed by atoms with Crippen molar-refractivity contribution in [2.75, 3.05) is 5.32 Å². The highest BCUT2D eigenvalue weighted by Crippen LogP contribution is 2.24. The van der Waals surface area contributed by atoms with Crippen LogP contribution in [0.2, 0.25) is 0 Å². The lowest BCUT2D eigenvalue weighted by molar-refractivity contribution is -0.115. The molecule has 0 radical (unpaired) electrons. The molecule has 0 bridgehead atoms. The van der Waals surface area contributed by atoms with Crippen LogP contribution in [0.25, 0.3) is 0 Å². The topological polar surface area (TPSA) is 137 Å². The minimum Gasteiger partial charge on any atom is -0.484 e. The van der Waals surface area contributed by atoms with E-state index >= 15 is 0 Å². The van der Waals surface area contributed by atoms with E-state index in [1.54, 1.807) is 6.92 Å². The Morgan fingerprint density at radius 2 is 1.97 bits per heavy atom. The maximum atomic E-state index is 12.4. The van der Waals surface area contributed by atoms with Gasteiger partial charge in [0.15, 0.2) is 6.61 Å². The number of nitrogens with two attached hydrogens (primary N) is 1. The van der Waals surface area contributed by atoms with Crippen molar-refractivity contribution < 1.29 is 22.4 Å². The van der Waals surface area contributed by atoms with Gasteiger partial charge in [-0.1, -0.05) is 23.9 Å². The van der Waals surface area contributed by atoms with Crippen molar-refractivity contribution in [2.24, 2.45) is 5.14 Å². The number of thioether (sulfide) groups is 1. The lowest BCUT2D eigenvalue weighted by Crippen LogP contribution is -2.22. The van der Waals surface area contributed by atoms with Gasteiger partial charge < -0.3 is 14.5 Å². The van der Waals surface area contributed by atoms with E-state index < -0.39 is 15.3 Å². The Kier molecular flexibility index (Phi) is 6.75. The summed E-state index contributed by atoms with van der Waals surface area (Å²) >= 11 is 1.10. The van der Waals surface area contributed by atoms with Gasteiger partial charge in [0.2, 0.25) is 15.9 Å². The number of amides is 1. The Hall–Kier alpha value is -2.89. The van der Waals surface area contributed by atoms with E-state index in [-0.39, 0.29) is 22.6 Å². The second kappa shape index (κ2) is 9.28. The van der Waals surface area contributed by atoms with Gasteiger partial charge in [0.05, 0.1) is 10.1 Å². The molecule has 1 aromatic heterocycles. The molecule has 0 aliphatic heterocycles. The monoisotopic (exact) mass is 448 g/mol. The van der Waals surface area contributed by atoms with Crippen molar-refractivity contribution in [1.29, 1.82) is 0 Å². The standard InChI is InChI=1S/C19H20N4O5S2/c1-12-4-3-5-15(10-12)27-11-17-22-23-19(28-17)29-13(2)18(24)21-14-6-8-16(9-7-14)30(20,25)26/h3-10,13H,11H2,1-2H3,(H,21,24)(H2,20,25,26). The van der Waals surface area contributed by atoms with Crippen LogP contribution < -0.4 is 15.2 Å². The molecule has 11 heteroatoms. The molecular formula is C19H20N4O5S2. The van der Waals surface area contributed by atoms with Gasteiger partial charge in [0, 0.05) is 5.69 Å². The molecule has 3 rings (SSSR count). The predicted octanol–water partition coefficient (Wildman–Crippen LogP) is 2.72. The number of carbonyl (C=O) groups excluding carboxylic acids is 1. The molecule has 158 valence electrons. The number of hydrogen-bond acceptors (Lipinski definition) is 8. The van der Waals surface area contributed by atoms with Crippen LogP contribution in [0.15, 0.2) is 63.1 Å². The van der Waals surface area contributed by atoms with Crippen molar-refractivity contribution in [3.8, 4) is 5.75 Å². The number of nitrogens with zero attached hydrogens (tertiary/aromatic N) is 2. The fourth-order valence-corrected chi connectivity index (χ4v) is 3.59. The molecule has 0 aliphatic carbocycles. The number of rotatable bonds is 8. The van der Waals surface area contributed by atoms with Gasteiger partial charge >= 0.3 is 0 Å². The highest BCUT2D eigenvalue weighted by Gasteiger charge is 2.19. The van der Waals surface area contributed by atoms with Gasteiger partial charge in [-0.05, 0) is 55.8 Å². The molecule has 0 saturated heterocycles. The summed E-state index contributed by atoms with van der Waals surface area (Å²) in [6.45, 7) is 3.77. The summed E-state index contributed by atoms with van der Waals surface area (Å²) in [4.78, 5) is 12.3. The Morgan fingerprint density at radius 3 is 2.63 bits per heavy atom. The van der Waals surface area contributed by atoms with Gasteiger partial charge in [-0.3, -0.25) is 4.79 Å². The molecule has 3 N–H and O–H groups in total. The van der Waals surface area contributed by atoms with Crippen molar-refractivity contribution in [3.63, 3.8) is 0 Å². The van der Waals surface area contributed by atoms with Crippen LogP contribution in [0.1, 0.15) is 18.4 Å². The third kappa shape index (κ3) is 6.05. The summed E-state index contributed by atoms with van der Waals surface area (Å²) in [6, 6.07) is 13.2. The van der Waals surface area contributed by atoms with Crippen LogP contribution in [-0.2, 0) is 21.4 Å². The summed E-state index contributed by atoms with van der Waals surface area (Å²) in [5.41, 5.74) is 1.52. The molecule has 1 amide bonds. The van der Waals surface area contributed by atoms with E-state index in [9.17, 15) is 13.2 Å². The van der Waals surface area contributed by atoms with Gasteiger partial charge in [0.25, 0.3) is 11.1 Å². The molecule has 3 aromatic rings. The molecule has 0 aliphatic rings. The van der Waals surface area contributed by atoms with Crippen LogP contribution >= 0.6 is 11.8 Å². The Balaban J connectivity index is 1.53. The number of aryl methyl sites for hydroxylation is 1. The molecule has 9 nitrogen and oxygen atoms in total. The van der Waals surface area contributed by atoms with Crippen molar-refractivity contribution in [3.05, 3.63) is 60.0 Å². The lowest BCUT2D eigenvalue weighted by atomic mass is 10.2. The highest BCUT2D eigenvalue weighted by molar-refractivity contribution is 8.00. The number of aromatic nitrogens is 2. The minimum absolute atomic E-state index is 0.0332. The van der Waals surface area contributed by atoms with Crippen molar-refractivity contribution >= 4 is 33.4 Å². The van der Waals surface area contributed by atoms with E-state index in [0.717, 1.165) is 17.3 Å². The second-order valence-corrected chi connectivity index (χ2v) is 9.24. The van der Waals surface area contributed by atoms with E-state index in [1.165, 1.54) is 24.3 Å². The van der Waals surface area contributed by atoms with Gasteiger partial charge in [-0.25, -0.2) is 13.6 Å². The summed E-state index contributed by atoms with van der Waals surface area (Å²) in [5, 5.41) is 15.3. The van der Waals surface area contributed by atoms with E-state index in [1.807, 2.05) is 31.2 Å². The third-order valence-electron chi connectivity index (χ3n) is 3.90. The minimum atomic E-state index is -3.78. The fourth-order valence-electron chi connectivity index (χ4n) is 2.37. The van der Waals surface area contributed by atoms with Crippen LogP contribution in [0.3, 0.4) is 0 Å². The lowest BCUT2D eigenvalue weighted by Gasteiger charge is -2.10. The zero-order valence-electron chi connectivity index (χ0n) is 16.2. The number of benzene rings is 2. The van der Waals surface area contributed by atoms with Gasteiger partial charge in [-0.15, -0.1) is 10.2 Å². The molecule has 2 aromatic carbocycles. The fraction of sp³-hybridized carbons (Fsp3) is 0.211. The van der Waals surface area contributed by atoms with Crippen LogP contribution in [-0.4, -0.2) is 29.8 Å².